The van der Waals surface area contributed by atoms with Crippen LogP contribution >= 0.6 is 35.6 Å². The minimum Gasteiger partial charge on any atom is -0.367 e. The number of fused-ring (bicyclic) bond motifs is 1. The predicted molar refractivity (Wildman–Crippen MR) is 138 cm³/mol. The molecule has 1 amide bonds. The summed E-state index contributed by atoms with van der Waals surface area (Å²) in [7, 11) is 0. The normalized spacial score (nSPS) is 18.1. The molecule has 1 aromatic carbocycles. The van der Waals surface area contributed by atoms with Gasteiger partial charge in [0.15, 0.2) is 0 Å². The van der Waals surface area contributed by atoms with E-state index in [1.165, 1.54) is 21.1 Å². The third-order valence-electron chi connectivity index (χ3n) is 5.90. The topological polar surface area (TPSA) is 66.7 Å². The molecule has 1 saturated heterocycles. The Morgan fingerprint density at radius 2 is 1.91 bits per heavy atom. The van der Waals surface area contributed by atoms with E-state index < -0.39 is 0 Å². The molecule has 2 aromatic heterocycles. The van der Waals surface area contributed by atoms with Crippen molar-refractivity contribution in [3.63, 3.8) is 0 Å². The van der Waals surface area contributed by atoms with E-state index in [1.54, 1.807) is 30.5 Å². The number of hydrogen-bond donors (Lipinski definition) is 1. The Bertz CT molecular complexity index is 1350. The fraction of sp³-hybridized carbons (Fsp3) is 0.250. The van der Waals surface area contributed by atoms with Gasteiger partial charge in [-0.2, -0.15) is 0 Å². The largest absolute Gasteiger partial charge is 0.367 e. The molecular formula is C24H21ClN4O2S2. The van der Waals surface area contributed by atoms with Crippen molar-refractivity contribution >= 4 is 63.3 Å². The molecule has 2 fully saturated rings. The van der Waals surface area contributed by atoms with Gasteiger partial charge in [0.05, 0.1) is 17.0 Å². The zero-order chi connectivity index (χ0) is 22.9. The number of pyridine rings is 1. The highest BCUT2D eigenvalue weighted by Gasteiger charge is 2.33. The standard InChI is InChI=1S/C24H21ClN4O2S2/c25-18-10-4-1-7-15(18)14-29-23(31)19(33-24(29)32)13-17-21(26-16-8-2-3-9-16)27-20-11-5-6-12-28(20)22(17)30/h1,4-7,10-13,16,26H,2-3,8-9,14H2/b19-13+. The minimum atomic E-state index is -0.241. The number of aromatic nitrogens is 2. The lowest BCUT2D eigenvalue weighted by atomic mass is 10.2. The third-order valence-corrected chi connectivity index (χ3v) is 7.65. The monoisotopic (exact) mass is 496 g/mol. The summed E-state index contributed by atoms with van der Waals surface area (Å²) in [4.78, 5) is 33.2. The molecule has 3 heterocycles. The summed E-state index contributed by atoms with van der Waals surface area (Å²) in [5.41, 5.74) is 1.51. The number of hydrogen-bond acceptors (Lipinski definition) is 6. The van der Waals surface area contributed by atoms with Gasteiger partial charge in [-0.15, -0.1) is 0 Å². The molecule has 0 radical (unpaired) electrons. The summed E-state index contributed by atoms with van der Waals surface area (Å²) in [6.45, 7) is 0.282. The number of benzene rings is 1. The van der Waals surface area contributed by atoms with E-state index in [0.717, 1.165) is 31.2 Å². The maximum atomic E-state index is 13.4. The zero-order valence-electron chi connectivity index (χ0n) is 17.7. The van der Waals surface area contributed by atoms with Gasteiger partial charge in [0.2, 0.25) is 0 Å². The van der Waals surface area contributed by atoms with Crippen molar-refractivity contribution in [2.24, 2.45) is 0 Å². The van der Waals surface area contributed by atoms with Crippen LogP contribution in [0.25, 0.3) is 11.7 Å². The van der Waals surface area contributed by atoms with Crippen LogP contribution in [0.15, 0.2) is 58.4 Å². The number of nitrogens with zero attached hydrogens (tertiary/aromatic N) is 3. The molecule has 2 aliphatic rings. The maximum absolute atomic E-state index is 13.4. The smallest absolute Gasteiger partial charge is 0.267 e. The van der Waals surface area contributed by atoms with Gasteiger partial charge in [-0.05, 0) is 42.7 Å². The van der Waals surface area contributed by atoms with Crippen LogP contribution in [0.3, 0.4) is 0 Å². The number of amides is 1. The molecule has 0 spiro atoms. The van der Waals surface area contributed by atoms with Crippen LogP contribution in [0, 0.1) is 0 Å². The van der Waals surface area contributed by atoms with E-state index in [-0.39, 0.29) is 24.1 Å². The van der Waals surface area contributed by atoms with Gasteiger partial charge in [-0.3, -0.25) is 18.9 Å². The fourth-order valence-corrected chi connectivity index (χ4v) is 5.60. The van der Waals surface area contributed by atoms with Gasteiger partial charge >= 0.3 is 0 Å². The second kappa shape index (κ2) is 9.29. The van der Waals surface area contributed by atoms with Crippen molar-refractivity contribution in [3.05, 3.63) is 80.1 Å². The van der Waals surface area contributed by atoms with Crippen molar-refractivity contribution in [1.82, 2.24) is 14.3 Å². The number of anilines is 1. The van der Waals surface area contributed by atoms with Crippen molar-refractivity contribution in [2.45, 2.75) is 38.3 Å². The molecular weight excluding hydrogens is 476 g/mol. The molecule has 0 bridgehead atoms. The average Bonchev–Trinajstić information content (AvgIpc) is 3.41. The Kier molecular flexibility index (Phi) is 6.23. The minimum absolute atomic E-state index is 0.225. The number of thiocarbonyl (C=S) groups is 1. The number of rotatable bonds is 5. The summed E-state index contributed by atoms with van der Waals surface area (Å²) in [6.07, 6.45) is 7.69. The number of thioether (sulfide) groups is 1. The molecule has 168 valence electrons. The van der Waals surface area contributed by atoms with Crippen molar-refractivity contribution in [2.75, 3.05) is 5.32 Å². The Morgan fingerprint density at radius 1 is 1.15 bits per heavy atom. The lowest BCUT2D eigenvalue weighted by Gasteiger charge is -2.16. The van der Waals surface area contributed by atoms with Crippen molar-refractivity contribution in [3.8, 4) is 0 Å². The summed E-state index contributed by atoms with van der Waals surface area (Å²) in [5.74, 6) is 0.267. The number of carbonyl (C=O) groups is 1. The van der Waals surface area contributed by atoms with Crippen LogP contribution in [0.4, 0.5) is 5.82 Å². The Morgan fingerprint density at radius 3 is 2.70 bits per heavy atom. The lowest BCUT2D eigenvalue weighted by Crippen LogP contribution is -2.28. The van der Waals surface area contributed by atoms with Gasteiger partial charge in [-0.1, -0.05) is 72.7 Å². The van der Waals surface area contributed by atoms with Gasteiger partial charge in [0.25, 0.3) is 11.5 Å². The van der Waals surface area contributed by atoms with E-state index in [1.807, 2.05) is 24.3 Å². The van der Waals surface area contributed by atoms with Crippen molar-refractivity contribution in [1.29, 1.82) is 0 Å². The summed E-state index contributed by atoms with van der Waals surface area (Å²) >= 11 is 12.9. The van der Waals surface area contributed by atoms with E-state index in [2.05, 4.69) is 5.32 Å². The fourth-order valence-electron chi connectivity index (χ4n) is 4.17. The number of carbonyl (C=O) groups excluding carboxylic acids is 1. The highest BCUT2D eigenvalue weighted by Crippen LogP contribution is 2.35. The third kappa shape index (κ3) is 4.43. The van der Waals surface area contributed by atoms with Gasteiger partial charge in [0.1, 0.15) is 15.8 Å². The van der Waals surface area contributed by atoms with Gasteiger partial charge < -0.3 is 5.32 Å². The van der Waals surface area contributed by atoms with E-state index in [4.69, 9.17) is 28.8 Å². The molecule has 33 heavy (non-hydrogen) atoms. The zero-order valence-corrected chi connectivity index (χ0v) is 20.1. The average molecular weight is 497 g/mol. The first-order chi connectivity index (χ1) is 16.0. The Hall–Kier alpha value is -2.68. The molecule has 1 saturated carbocycles. The lowest BCUT2D eigenvalue weighted by molar-refractivity contribution is -0.122. The maximum Gasteiger partial charge on any atom is 0.267 e. The molecule has 1 aliphatic carbocycles. The van der Waals surface area contributed by atoms with Crippen LogP contribution in [-0.4, -0.2) is 30.6 Å². The quantitative estimate of drug-likeness (QED) is 0.391. The highest BCUT2D eigenvalue weighted by atomic mass is 35.5. The second-order valence-corrected chi connectivity index (χ2v) is 10.2. The first kappa shape index (κ1) is 22.1. The Labute approximate surface area is 205 Å². The molecule has 1 aliphatic heterocycles. The Balaban J connectivity index is 1.53. The first-order valence-electron chi connectivity index (χ1n) is 10.8. The molecule has 6 nitrogen and oxygen atoms in total. The summed E-state index contributed by atoms with van der Waals surface area (Å²) in [6, 6.07) is 13.1. The van der Waals surface area contributed by atoms with Gasteiger partial charge in [-0.25, -0.2) is 4.98 Å². The predicted octanol–water partition coefficient (Wildman–Crippen LogP) is 5.10. The number of nitrogens with one attached hydrogen (secondary N) is 1. The van der Waals surface area contributed by atoms with E-state index >= 15 is 0 Å². The molecule has 9 heteroatoms. The second-order valence-electron chi connectivity index (χ2n) is 8.09. The van der Waals surface area contributed by atoms with Crippen LogP contribution in [-0.2, 0) is 11.3 Å². The number of halogens is 1. The van der Waals surface area contributed by atoms with E-state index in [0.29, 0.717) is 31.3 Å². The van der Waals surface area contributed by atoms with E-state index in [9.17, 15) is 9.59 Å². The molecule has 3 aromatic rings. The highest BCUT2D eigenvalue weighted by molar-refractivity contribution is 8.26. The molecule has 1 N–H and O–H groups in total. The molecule has 5 rings (SSSR count). The van der Waals surface area contributed by atoms with Crippen LogP contribution < -0.4 is 10.9 Å². The van der Waals surface area contributed by atoms with Crippen LogP contribution in [0.1, 0.15) is 36.8 Å². The van der Waals surface area contributed by atoms with Crippen molar-refractivity contribution < 1.29 is 4.79 Å². The summed E-state index contributed by atoms with van der Waals surface area (Å²) < 4.78 is 1.93. The molecule has 0 unspecified atom stereocenters. The van der Waals surface area contributed by atoms with Crippen LogP contribution in [0.2, 0.25) is 5.02 Å². The van der Waals surface area contributed by atoms with Crippen LogP contribution in [0.5, 0.6) is 0 Å². The summed E-state index contributed by atoms with van der Waals surface area (Å²) in [5, 5.41) is 4.03. The van der Waals surface area contributed by atoms with Gasteiger partial charge in [0, 0.05) is 17.3 Å². The molecule has 0 atom stereocenters. The SMILES string of the molecule is O=C1/C(=C\c2c(NC3CCCC3)nc3ccccn3c2=O)SC(=S)N1Cc1ccccc1Cl. The first-order valence-corrected chi connectivity index (χ1v) is 12.4.